The second-order valence-corrected chi connectivity index (χ2v) is 7.73. The van der Waals surface area contributed by atoms with Crippen LogP contribution in [0, 0.1) is 0 Å². The molecule has 0 bridgehead atoms. The number of hydrogen-bond donors (Lipinski definition) is 2. The molecule has 2 aliphatic heterocycles. The van der Waals surface area contributed by atoms with Gasteiger partial charge in [-0.2, -0.15) is 5.10 Å². The molecule has 0 saturated carbocycles. The van der Waals surface area contributed by atoms with Crippen LogP contribution in [0.5, 0.6) is 0 Å². The molecule has 0 radical (unpaired) electrons. The summed E-state index contributed by atoms with van der Waals surface area (Å²) in [6.07, 6.45) is 1.65. The fourth-order valence-corrected chi connectivity index (χ4v) is 4.07. The van der Waals surface area contributed by atoms with Crippen LogP contribution in [0.3, 0.4) is 0 Å². The number of carbonyl (C=O) groups is 2. The van der Waals surface area contributed by atoms with Crippen molar-refractivity contribution in [1.82, 2.24) is 0 Å². The van der Waals surface area contributed by atoms with E-state index in [1.54, 1.807) is 0 Å². The van der Waals surface area contributed by atoms with Crippen LogP contribution in [0.2, 0.25) is 0 Å². The van der Waals surface area contributed by atoms with Crippen molar-refractivity contribution in [2.75, 3.05) is 15.6 Å². The van der Waals surface area contributed by atoms with Gasteiger partial charge in [-0.3, -0.25) is 14.6 Å². The van der Waals surface area contributed by atoms with Crippen LogP contribution in [-0.2, 0) is 16.0 Å². The van der Waals surface area contributed by atoms with E-state index in [9.17, 15) is 9.59 Å². The zero-order valence-corrected chi connectivity index (χ0v) is 16.9. The molecule has 31 heavy (non-hydrogen) atoms. The van der Waals surface area contributed by atoms with E-state index in [0.29, 0.717) is 30.7 Å². The Hall–Kier alpha value is -3.93. The smallest absolute Gasteiger partial charge is 0.271 e. The lowest BCUT2D eigenvalue weighted by Gasteiger charge is -2.23. The minimum absolute atomic E-state index is 0.0255. The van der Waals surface area contributed by atoms with Gasteiger partial charge in [0.05, 0.1) is 11.7 Å². The van der Waals surface area contributed by atoms with Crippen LogP contribution in [0.25, 0.3) is 0 Å². The van der Waals surface area contributed by atoms with Crippen molar-refractivity contribution in [3.63, 3.8) is 0 Å². The average molecular weight is 410 g/mol. The van der Waals surface area contributed by atoms with Crippen molar-refractivity contribution in [2.45, 2.75) is 25.3 Å². The summed E-state index contributed by atoms with van der Waals surface area (Å²) >= 11 is 0. The van der Waals surface area contributed by atoms with Crippen LogP contribution in [-0.4, -0.2) is 17.5 Å². The number of para-hydroxylation sites is 1. The molecule has 0 aromatic heterocycles. The molecule has 2 amide bonds. The Morgan fingerprint density at radius 3 is 2.48 bits per heavy atom. The number of hydrogen-bond acceptors (Lipinski definition) is 4. The highest BCUT2D eigenvalue weighted by Gasteiger charge is 2.32. The Kier molecular flexibility index (Phi) is 4.96. The van der Waals surface area contributed by atoms with Crippen molar-refractivity contribution in [3.05, 3.63) is 90.0 Å². The van der Waals surface area contributed by atoms with Gasteiger partial charge < -0.3 is 10.6 Å². The van der Waals surface area contributed by atoms with E-state index in [-0.39, 0.29) is 17.9 Å². The number of nitrogens with zero attached hydrogens (tertiary/aromatic N) is 2. The number of aryl methyl sites for hydroxylation is 1. The molecule has 1 atom stereocenters. The van der Waals surface area contributed by atoms with Gasteiger partial charge in [0.2, 0.25) is 5.91 Å². The molecule has 2 heterocycles. The zero-order valence-electron chi connectivity index (χ0n) is 16.9. The molecule has 1 unspecified atom stereocenters. The van der Waals surface area contributed by atoms with Crippen molar-refractivity contribution in [2.24, 2.45) is 5.10 Å². The molecule has 6 nitrogen and oxygen atoms in total. The number of anilines is 3. The number of nitrogens with one attached hydrogen (secondary N) is 2. The second kappa shape index (κ2) is 8.07. The van der Waals surface area contributed by atoms with Gasteiger partial charge in [-0.05, 0) is 47.9 Å². The standard InChI is InChI=1S/C25H22N4O2/c30-24-14-11-18-15-19(12-13-21(18)27-24)26-25(31)22-16-23(17-7-3-1-4-8-17)29(28-22)20-9-5-2-6-10-20/h1-10,12-13,15,23H,11,14,16H2,(H,26,31)(H,27,30). The topological polar surface area (TPSA) is 73.8 Å². The number of benzene rings is 3. The summed E-state index contributed by atoms with van der Waals surface area (Å²) in [5, 5.41) is 12.5. The lowest BCUT2D eigenvalue weighted by atomic mass is 10.0. The summed E-state index contributed by atoms with van der Waals surface area (Å²) in [5.74, 6) is -0.184. The van der Waals surface area contributed by atoms with Crippen LogP contribution in [0.1, 0.15) is 30.0 Å². The molecular weight excluding hydrogens is 388 g/mol. The molecule has 0 aliphatic carbocycles. The molecule has 2 aliphatic rings. The number of amides is 2. The summed E-state index contributed by atoms with van der Waals surface area (Å²) in [4.78, 5) is 24.6. The summed E-state index contributed by atoms with van der Waals surface area (Å²) in [5.41, 5.74) is 5.09. The first-order valence-electron chi connectivity index (χ1n) is 10.4. The van der Waals surface area contributed by atoms with Crippen LogP contribution in [0.4, 0.5) is 17.1 Å². The molecule has 5 rings (SSSR count). The maximum absolute atomic E-state index is 13.1. The predicted molar refractivity (Wildman–Crippen MR) is 122 cm³/mol. The minimum atomic E-state index is -0.209. The van der Waals surface area contributed by atoms with E-state index < -0.39 is 0 Å². The Morgan fingerprint density at radius 2 is 1.71 bits per heavy atom. The first-order valence-corrected chi connectivity index (χ1v) is 10.4. The summed E-state index contributed by atoms with van der Waals surface area (Å²) in [6.45, 7) is 0. The Bertz CT molecular complexity index is 1160. The largest absolute Gasteiger partial charge is 0.326 e. The molecule has 2 N–H and O–H groups in total. The number of hydrazone groups is 1. The van der Waals surface area contributed by atoms with Gasteiger partial charge in [-0.25, -0.2) is 0 Å². The lowest BCUT2D eigenvalue weighted by Crippen LogP contribution is -2.23. The highest BCUT2D eigenvalue weighted by Crippen LogP contribution is 2.35. The lowest BCUT2D eigenvalue weighted by molar-refractivity contribution is -0.116. The van der Waals surface area contributed by atoms with Crippen LogP contribution < -0.4 is 15.6 Å². The molecule has 3 aromatic carbocycles. The van der Waals surface area contributed by atoms with Gasteiger partial charge >= 0.3 is 0 Å². The summed E-state index contributed by atoms with van der Waals surface area (Å²) in [6, 6.07) is 25.5. The summed E-state index contributed by atoms with van der Waals surface area (Å²) < 4.78 is 0. The van der Waals surface area contributed by atoms with Gasteiger partial charge in [0, 0.05) is 24.2 Å². The van der Waals surface area contributed by atoms with E-state index in [0.717, 1.165) is 22.5 Å². The normalized spacial score (nSPS) is 17.5. The first-order chi connectivity index (χ1) is 15.2. The van der Waals surface area contributed by atoms with Gasteiger partial charge in [0.15, 0.2) is 0 Å². The minimum Gasteiger partial charge on any atom is -0.326 e. The highest BCUT2D eigenvalue weighted by atomic mass is 16.2. The maximum atomic E-state index is 13.1. The third-order valence-electron chi connectivity index (χ3n) is 5.64. The monoisotopic (exact) mass is 410 g/mol. The van der Waals surface area contributed by atoms with Crippen molar-refractivity contribution >= 4 is 34.6 Å². The highest BCUT2D eigenvalue weighted by molar-refractivity contribution is 6.43. The molecule has 0 fully saturated rings. The van der Waals surface area contributed by atoms with Gasteiger partial charge in [0.25, 0.3) is 5.91 Å². The molecular formula is C25H22N4O2. The fourth-order valence-electron chi connectivity index (χ4n) is 4.07. The zero-order chi connectivity index (χ0) is 21.2. The van der Waals surface area contributed by atoms with Crippen molar-refractivity contribution in [1.29, 1.82) is 0 Å². The second-order valence-electron chi connectivity index (χ2n) is 7.73. The third kappa shape index (κ3) is 3.92. The summed E-state index contributed by atoms with van der Waals surface area (Å²) in [7, 11) is 0. The predicted octanol–water partition coefficient (Wildman–Crippen LogP) is 4.52. The first kappa shape index (κ1) is 19.1. The molecule has 3 aromatic rings. The molecule has 0 saturated heterocycles. The Balaban J connectivity index is 1.39. The Labute approximate surface area is 180 Å². The van der Waals surface area contributed by atoms with Gasteiger partial charge in [-0.15, -0.1) is 0 Å². The van der Waals surface area contributed by atoms with Gasteiger partial charge in [-0.1, -0.05) is 48.5 Å². The van der Waals surface area contributed by atoms with E-state index >= 15 is 0 Å². The van der Waals surface area contributed by atoms with Crippen molar-refractivity contribution < 1.29 is 9.59 Å². The van der Waals surface area contributed by atoms with E-state index in [2.05, 4.69) is 22.8 Å². The number of rotatable bonds is 4. The third-order valence-corrected chi connectivity index (χ3v) is 5.64. The van der Waals surface area contributed by atoms with Gasteiger partial charge in [0.1, 0.15) is 5.71 Å². The number of carbonyl (C=O) groups excluding carboxylic acids is 2. The van der Waals surface area contributed by atoms with Crippen LogP contribution in [0.15, 0.2) is 84.0 Å². The molecule has 6 heteroatoms. The molecule has 154 valence electrons. The van der Waals surface area contributed by atoms with E-state index in [1.807, 2.05) is 71.7 Å². The fraction of sp³-hybridized carbons (Fsp3) is 0.160. The molecule has 0 spiro atoms. The van der Waals surface area contributed by atoms with E-state index in [4.69, 9.17) is 5.10 Å². The van der Waals surface area contributed by atoms with E-state index in [1.165, 1.54) is 0 Å². The quantitative estimate of drug-likeness (QED) is 0.664. The Morgan fingerprint density at radius 1 is 0.968 bits per heavy atom. The van der Waals surface area contributed by atoms with Crippen molar-refractivity contribution in [3.8, 4) is 0 Å². The SMILES string of the molecule is O=C1CCc2cc(NC(=O)C3=NN(c4ccccc4)C(c4ccccc4)C3)ccc2N1. The number of fused-ring (bicyclic) bond motifs is 1. The average Bonchev–Trinajstić information content (AvgIpc) is 3.26. The maximum Gasteiger partial charge on any atom is 0.271 e. The van der Waals surface area contributed by atoms with Crippen LogP contribution >= 0.6 is 0 Å².